The van der Waals surface area contributed by atoms with Gasteiger partial charge in [-0.25, -0.2) is 0 Å². The Labute approximate surface area is 157 Å². The molecule has 130 valence electrons. The van der Waals surface area contributed by atoms with Crippen molar-refractivity contribution in [1.29, 1.82) is 0 Å². The molecular formula is C16H33IN4S. The smallest absolute Gasteiger partial charge is 0.191 e. The van der Waals surface area contributed by atoms with Gasteiger partial charge in [0.1, 0.15) is 0 Å². The fourth-order valence-corrected chi connectivity index (χ4v) is 2.91. The highest BCUT2D eigenvalue weighted by atomic mass is 127. The fourth-order valence-electron chi connectivity index (χ4n) is 2.72. The summed E-state index contributed by atoms with van der Waals surface area (Å²) in [5, 5.41) is 6.91. The summed E-state index contributed by atoms with van der Waals surface area (Å²) < 4.78 is 0.207. The summed E-state index contributed by atoms with van der Waals surface area (Å²) in [5.74, 6) is 1.76. The molecule has 1 aliphatic heterocycles. The van der Waals surface area contributed by atoms with Gasteiger partial charge in [-0.3, -0.25) is 4.99 Å². The molecule has 1 aliphatic carbocycles. The van der Waals surface area contributed by atoms with Gasteiger partial charge in [0.15, 0.2) is 5.96 Å². The van der Waals surface area contributed by atoms with E-state index in [0.717, 1.165) is 37.6 Å². The van der Waals surface area contributed by atoms with Crippen molar-refractivity contribution in [2.45, 2.75) is 50.8 Å². The highest BCUT2D eigenvalue weighted by molar-refractivity contribution is 14.0. The molecule has 2 aliphatic rings. The molecule has 0 aromatic heterocycles. The lowest BCUT2D eigenvalue weighted by atomic mass is 10.1. The van der Waals surface area contributed by atoms with E-state index in [1.165, 1.54) is 32.4 Å². The third kappa shape index (κ3) is 6.83. The van der Waals surface area contributed by atoms with Gasteiger partial charge in [0.25, 0.3) is 0 Å². The molecule has 1 atom stereocenters. The maximum atomic E-state index is 4.74. The Bertz CT molecular complexity index is 358. The fraction of sp³-hybridized carbons (Fsp3) is 0.938. The van der Waals surface area contributed by atoms with Crippen molar-refractivity contribution in [1.82, 2.24) is 15.5 Å². The molecule has 1 unspecified atom stereocenters. The third-order valence-corrected chi connectivity index (χ3v) is 5.69. The summed E-state index contributed by atoms with van der Waals surface area (Å²) in [7, 11) is 0. The van der Waals surface area contributed by atoms with Gasteiger partial charge in [-0.2, -0.15) is 11.8 Å². The zero-order valence-electron chi connectivity index (χ0n) is 14.5. The molecule has 0 aromatic rings. The lowest BCUT2D eigenvalue weighted by molar-refractivity contribution is 0.314. The summed E-state index contributed by atoms with van der Waals surface area (Å²) in [6.45, 7) is 12.0. The molecule has 0 radical (unpaired) electrons. The molecule has 0 bridgehead atoms. The summed E-state index contributed by atoms with van der Waals surface area (Å²) in [6, 6.07) is 0.916. The molecular weight excluding hydrogens is 407 g/mol. The molecule has 1 saturated heterocycles. The van der Waals surface area contributed by atoms with Gasteiger partial charge in [0.2, 0.25) is 0 Å². The van der Waals surface area contributed by atoms with E-state index in [9.17, 15) is 0 Å². The number of hydrogen-bond donors (Lipinski definition) is 2. The molecule has 0 spiro atoms. The molecule has 2 fully saturated rings. The summed E-state index contributed by atoms with van der Waals surface area (Å²) in [5.41, 5.74) is 0. The molecule has 1 heterocycles. The SMILES string of the molecule is CCNC(=NCC(C)(C)SC)NCC1CCN(C2CC2)C1.I. The Kier molecular flexibility index (Phi) is 8.85. The number of hydrogen-bond acceptors (Lipinski definition) is 3. The van der Waals surface area contributed by atoms with Crippen molar-refractivity contribution in [2.24, 2.45) is 10.9 Å². The molecule has 1 saturated carbocycles. The predicted molar refractivity (Wildman–Crippen MR) is 110 cm³/mol. The highest BCUT2D eigenvalue weighted by Crippen LogP contribution is 2.31. The average Bonchev–Trinajstić information content (AvgIpc) is 3.21. The highest BCUT2D eigenvalue weighted by Gasteiger charge is 2.34. The summed E-state index contributed by atoms with van der Waals surface area (Å²) >= 11 is 1.87. The van der Waals surface area contributed by atoms with Gasteiger partial charge in [0, 0.05) is 30.4 Å². The first-order chi connectivity index (χ1) is 10.0. The number of thioether (sulfide) groups is 1. The number of nitrogens with one attached hydrogen (secondary N) is 2. The number of rotatable bonds is 7. The molecule has 6 heteroatoms. The number of aliphatic imine (C=N–C) groups is 1. The van der Waals surface area contributed by atoms with Gasteiger partial charge in [-0.05, 0) is 58.8 Å². The standard InChI is InChI=1S/C16H32N4S.HI/c1-5-17-15(19-12-16(2,3)21-4)18-10-13-8-9-20(11-13)14-6-7-14;/h13-14H,5-12H2,1-4H3,(H2,17,18,19);1H. The maximum Gasteiger partial charge on any atom is 0.191 e. The second-order valence-corrected chi connectivity index (χ2v) is 8.43. The Morgan fingerprint density at radius 2 is 2.00 bits per heavy atom. The van der Waals surface area contributed by atoms with Crippen LogP contribution in [0.25, 0.3) is 0 Å². The topological polar surface area (TPSA) is 39.7 Å². The van der Waals surface area contributed by atoms with Crippen molar-refractivity contribution in [3.8, 4) is 0 Å². The Morgan fingerprint density at radius 1 is 1.27 bits per heavy atom. The van der Waals surface area contributed by atoms with Crippen molar-refractivity contribution < 1.29 is 0 Å². The van der Waals surface area contributed by atoms with Crippen LogP contribution in [0.3, 0.4) is 0 Å². The third-order valence-electron chi connectivity index (χ3n) is 4.45. The van der Waals surface area contributed by atoms with Crippen LogP contribution in [0.1, 0.15) is 40.0 Å². The second-order valence-electron chi connectivity index (χ2n) is 6.92. The minimum absolute atomic E-state index is 0. The van der Waals surface area contributed by atoms with Crippen LogP contribution in [0.2, 0.25) is 0 Å². The van der Waals surface area contributed by atoms with Crippen LogP contribution >= 0.6 is 35.7 Å². The summed E-state index contributed by atoms with van der Waals surface area (Å²) in [4.78, 5) is 7.42. The number of likely N-dealkylation sites (tertiary alicyclic amines) is 1. The first-order valence-electron chi connectivity index (χ1n) is 8.35. The van der Waals surface area contributed by atoms with Gasteiger partial charge in [0.05, 0.1) is 6.54 Å². The van der Waals surface area contributed by atoms with Crippen molar-refractivity contribution in [3.05, 3.63) is 0 Å². The van der Waals surface area contributed by atoms with E-state index in [1.54, 1.807) is 0 Å². The zero-order valence-corrected chi connectivity index (χ0v) is 17.7. The van der Waals surface area contributed by atoms with Crippen LogP contribution in [0, 0.1) is 5.92 Å². The van der Waals surface area contributed by atoms with Crippen LogP contribution in [0.5, 0.6) is 0 Å². The van der Waals surface area contributed by atoms with Crippen molar-refractivity contribution >= 4 is 41.7 Å². The van der Waals surface area contributed by atoms with Gasteiger partial charge < -0.3 is 15.5 Å². The summed E-state index contributed by atoms with van der Waals surface area (Å²) in [6.07, 6.45) is 6.34. The lowest BCUT2D eigenvalue weighted by Crippen LogP contribution is -2.41. The minimum atomic E-state index is 0. The molecule has 0 amide bonds. The van der Waals surface area contributed by atoms with Crippen LogP contribution < -0.4 is 10.6 Å². The van der Waals surface area contributed by atoms with Gasteiger partial charge in [-0.15, -0.1) is 24.0 Å². The molecule has 0 aromatic carbocycles. The van der Waals surface area contributed by atoms with Crippen LogP contribution in [0.4, 0.5) is 0 Å². The van der Waals surface area contributed by atoms with E-state index in [4.69, 9.17) is 4.99 Å². The molecule has 4 nitrogen and oxygen atoms in total. The Balaban J connectivity index is 0.00000242. The second kappa shape index (κ2) is 9.57. The zero-order chi connectivity index (χ0) is 15.3. The van der Waals surface area contributed by atoms with E-state index in [-0.39, 0.29) is 28.7 Å². The van der Waals surface area contributed by atoms with Crippen molar-refractivity contribution in [3.63, 3.8) is 0 Å². The van der Waals surface area contributed by atoms with Crippen LogP contribution in [0.15, 0.2) is 4.99 Å². The monoisotopic (exact) mass is 440 g/mol. The predicted octanol–water partition coefficient (Wildman–Crippen LogP) is 2.79. The largest absolute Gasteiger partial charge is 0.357 e. The normalized spacial score (nSPS) is 23.3. The Morgan fingerprint density at radius 3 is 2.59 bits per heavy atom. The minimum Gasteiger partial charge on any atom is -0.357 e. The average molecular weight is 440 g/mol. The first-order valence-corrected chi connectivity index (χ1v) is 9.58. The van der Waals surface area contributed by atoms with Gasteiger partial charge >= 0.3 is 0 Å². The van der Waals surface area contributed by atoms with E-state index < -0.39 is 0 Å². The van der Waals surface area contributed by atoms with E-state index >= 15 is 0 Å². The molecule has 2 rings (SSSR count). The lowest BCUT2D eigenvalue weighted by Gasteiger charge is -2.21. The number of nitrogens with zero attached hydrogens (tertiary/aromatic N) is 2. The van der Waals surface area contributed by atoms with Crippen LogP contribution in [-0.2, 0) is 0 Å². The van der Waals surface area contributed by atoms with E-state index in [1.807, 2.05) is 11.8 Å². The molecule has 22 heavy (non-hydrogen) atoms. The maximum absolute atomic E-state index is 4.74. The van der Waals surface area contributed by atoms with Crippen molar-refractivity contribution in [2.75, 3.05) is 39.0 Å². The Hall–Kier alpha value is 0.310. The van der Waals surface area contributed by atoms with E-state index in [0.29, 0.717) is 0 Å². The van der Waals surface area contributed by atoms with Crippen LogP contribution in [-0.4, -0.2) is 60.6 Å². The number of guanidine groups is 1. The van der Waals surface area contributed by atoms with E-state index in [2.05, 4.69) is 42.6 Å². The number of halogens is 1. The first kappa shape index (κ1) is 20.4. The quantitative estimate of drug-likeness (QED) is 0.363. The van der Waals surface area contributed by atoms with Gasteiger partial charge in [-0.1, -0.05) is 0 Å². The molecule has 2 N–H and O–H groups in total.